The van der Waals surface area contributed by atoms with Crippen molar-refractivity contribution in [1.29, 1.82) is 0 Å². The molecule has 0 saturated heterocycles. The Morgan fingerprint density at radius 1 is 1.53 bits per heavy atom. The van der Waals surface area contributed by atoms with Gasteiger partial charge in [-0.3, -0.25) is 15.1 Å². The Bertz CT molecular complexity index is 522. The molecule has 0 bridgehead atoms. The minimum atomic E-state index is -0.390. The minimum absolute atomic E-state index is 0.111. The third kappa shape index (κ3) is 1.73. The average molecular weight is 205 g/mol. The second kappa shape index (κ2) is 3.78. The smallest absolute Gasteiger partial charge is 0.270 e. The molecule has 0 aromatic heterocycles. The predicted molar refractivity (Wildman–Crippen MR) is 55.8 cm³/mol. The predicted octanol–water partition coefficient (Wildman–Crippen LogP) is -0.272. The van der Waals surface area contributed by atoms with Crippen molar-refractivity contribution in [2.24, 2.45) is 10.7 Å². The SMILES string of the molecule is NCCC1=c2cc([N+](=O)[O-])ccc2=NC1. The standard InChI is InChI=1S/C10H11N3O2/c11-4-3-7-6-12-10-2-1-8(13(14)15)5-9(7)10/h1-2,5H,3-4,6,11H2. The molecule has 78 valence electrons. The molecule has 0 radical (unpaired) electrons. The van der Waals surface area contributed by atoms with E-state index >= 15 is 0 Å². The van der Waals surface area contributed by atoms with Gasteiger partial charge in [0.25, 0.3) is 5.69 Å². The molecule has 0 amide bonds. The molecule has 2 rings (SSSR count). The third-order valence-electron chi connectivity index (χ3n) is 2.46. The van der Waals surface area contributed by atoms with Crippen molar-refractivity contribution in [3.8, 4) is 0 Å². The minimum Gasteiger partial charge on any atom is -0.330 e. The van der Waals surface area contributed by atoms with Crippen LogP contribution in [0.2, 0.25) is 0 Å². The Hall–Kier alpha value is -1.75. The topological polar surface area (TPSA) is 81.5 Å². The molecule has 0 fully saturated rings. The lowest BCUT2D eigenvalue weighted by atomic mass is 10.1. The van der Waals surface area contributed by atoms with Crippen molar-refractivity contribution in [3.63, 3.8) is 0 Å². The number of nitrogens with two attached hydrogens (primary N) is 1. The largest absolute Gasteiger partial charge is 0.330 e. The first kappa shape index (κ1) is 9.79. The molecule has 5 nitrogen and oxygen atoms in total. The van der Waals surface area contributed by atoms with Crippen LogP contribution in [0.4, 0.5) is 5.69 Å². The molecule has 1 aromatic rings. The number of nitro groups is 1. The average Bonchev–Trinajstić information content (AvgIpc) is 2.61. The lowest BCUT2D eigenvalue weighted by Crippen LogP contribution is -2.23. The first-order chi connectivity index (χ1) is 7.22. The van der Waals surface area contributed by atoms with Crippen LogP contribution in [0.3, 0.4) is 0 Å². The summed E-state index contributed by atoms with van der Waals surface area (Å²) in [5.74, 6) is 0. The Morgan fingerprint density at radius 3 is 3.00 bits per heavy atom. The molecule has 0 spiro atoms. The summed E-state index contributed by atoms with van der Waals surface area (Å²) in [6, 6.07) is 4.75. The van der Waals surface area contributed by atoms with Crippen LogP contribution in [0.25, 0.3) is 5.57 Å². The van der Waals surface area contributed by atoms with Gasteiger partial charge in [-0.05, 0) is 24.6 Å². The highest BCUT2D eigenvalue weighted by atomic mass is 16.6. The fourth-order valence-corrected chi connectivity index (χ4v) is 1.71. The molecule has 0 aliphatic carbocycles. The van der Waals surface area contributed by atoms with E-state index in [1.807, 2.05) is 0 Å². The summed E-state index contributed by atoms with van der Waals surface area (Å²) in [6.07, 6.45) is 0.748. The van der Waals surface area contributed by atoms with E-state index < -0.39 is 4.92 Å². The molecule has 2 N–H and O–H groups in total. The number of hydrogen-bond acceptors (Lipinski definition) is 4. The summed E-state index contributed by atoms with van der Waals surface area (Å²) >= 11 is 0. The highest BCUT2D eigenvalue weighted by Gasteiger charge is 2.10. The fourth-order valence-electron chi connectivity index (χ4n) is 1.71. The van der Waals surface area contributed by atoms with Crippen molar-refractivity contribution < 1.29 is 4.92 Å². The normalized spacial score (nSPS) is 13.5. The molecule has 0 unspecified atom stereocenters. The van der Waals surface area contributed by atoms with Crippen LogP contribution in [0.5, 0.6) is 0 Å². The molecule has 0 saturated carbocycles. The number of hydrogen-bond donors (Lipinski definition) is 1. The Kier molecular flexibility index (Phi) is 2.47. The second-order valence-electron chi connectivity index (χ2n) is 3.42. The zero-order chi connectivity index (χ0) is 10.8. The van der Waals surface area contributed by atoms with Gasteiger partial charge in [-0.2, -0.15) is 0 Å². The number of nitro benzene ring substituents is 1. The maximum Gasteiger partial charge on any atom is 0.270 e. The van der Waals surface area contributed by atoms with E-state index in [-0.39, 0.29) is 5.69 Å². The molecule has 15 heavy (non-hydrogen) atoms. The van der Waals surface area contributed by atoms with E-state index in [0.717, 1.165) is 22.6 Å². The van der Waals surface area contributed by atoms with Crippen LogP contribution in [0, 0.1) is 10.1 Å². The van der Waals surface area contributed by atoms with Crippen LogP contribution in [-0.2, 0) is 0 Å². The first-order valence-corrected chi connectivity index (χ1v) is 4.73. The van der Waals surface area contributed by atoms with E-state index in [4.69, 9.17) is 5.73 Å². The Balaban J connectivity index is 2.59. The second-order valence-corrected chi connectivity index (χ2v) is 3.42. The van der Waals surface area contributed by atoms with Gasteiger partial charge in [0.2, 0.25) is 0 Å². The first-order valence-electron chi connectivity index (χ1n) is 4.73. The molecule has 5 heteroatoms. The van der Waals surface area contributed by atoms with Crippen LogP contribution in [-0.4, -0.2) is 18.0 Å². The highest BCUT2D eigenvalue weighted by molar-refractivity contribution is 5.51. The summed E-state index contributed by atoms with van der Waals surface area (Å²) in [5.41, 5.74) is 6.67. The van der Waals surface area contributed by atoms with E-state index in [1.165, 1.54) is 6.07 Å². The Morgan fingerprint density at radius 2 is 2.33 bits per heavy atom. The summed E-state index contributed by atoms with van der Waals surface area (Å²) in [7, 11) is 0. The quantitative estimate of drug-likeness (QED) is 0.544. The summed E-state index contributed by atoms with van der Waals surface area (Å²) < 4.78 is 0. The van der Waals surface area contributed by atoms with Crippen molar-refractivity contribution in [3.05, 3.63) is 38.9 Å². The van der Waals surface area contributed by atoms with E-state index in [0.29, 0.717) is 13.1 Å². The summed E-state index contributed by atoms with van der Waals surface area (Å²) in [5, 5.41) is 12.3. The fraction of sp³-hybridized carbons (Fsp3) is 0.300. The number of fused-ring (bicyclic) bond motifs is 1. The number of rotatable bonds is 3. The number of nitrogens with zero attached hydrogens (tertiary/aromatic N) is 2. The number of non-ortho nitro benzene ring substituents is 1. The van der Waals surface area contributed by atoms with Crippen molar-refractivity contribution >= 4 is 11.3 Å². The maximum atomic E-state index is 10.6. The van der Waals surface area contributed by atoms with E-state index in [2.05, 4.69) is 4.99 Å². The van der Waals surface area contributed by atoms with Gasteiger partial charge < -0.3 is 5.73 Å². The van der Waals surface area contributed by atoms with E-state index in [1.54, 1.807) is 12.1 Å². The van der Waals surface area contributed by atoms with Crippen molar-refractivity contribution in [1.82, 2.24) is 0 Å². The van der Waals surface area contributed by atoms with Gasteiger partial charge in [-0.15, -0.1) is 0 Å². The number of benzene rings is 1. The lowest BCUT2D eigenvalue weighted by molar-refractivity contribution is -0.385. The van der Waals surface area contributed by atoms with Crippen LogP contribution in [0.15, 0.2) is 23.2 Å². The molecular weight excluding hydrogens is 194 g/mol. The van der Waals surface area contributed by atoms with Gasteiger partial charge in [0, 0.05) is 17.4 Å². The zero-order valence-electron chi connectivity index (χ0n) is 8.14. The monoisotopic (exact) mass is 205 g/mol. The van der Waals surface area contributed by atoms with E-state index in [9.17, 15) is 10.1 Å². The lowest BCUT2D eigenvalue weighted by Gasteiger charge is -1.96. The zero-order valence-corrected chi connectivity index (χ0v) is 8.14. The maximum absolute atomic E-state index is 10.6. The van der Waals surface area contributed by atoms with Gasteiger partial charge in [0.15, 0.2) is 0 Å². The van der Waals surface area contributed by atoms with Crippen molar-refractivity contribution in [2.75, 3.05) is 13.1 Å². The molecule has 0 atom stereocenters. The highest BCUT2D eigenvalue weighted by Crippen LogP contribution is 2.08. The molecule has 1 aliphatic rings. The van der Waals surface area contributed by atoms with Gasteiger partial charge in [-0.25, -0.2) is 0 Å². The molecule has 1 heterocycles. The third-order valence-corrected chi connectivity index (χ3v) is 2.46. The van der Waals surface area contributed by atoms with Crippen LogP contribution in [0.1, 0.15) is 6.42 Å². The summed E-state index contributed by atoms with van der Waals surface area (Å²) in [4.78, 5) is 14.5. The van der Waals surface area contributed by atoms with Gasteiger partial charge in [0.1, 0.15) is 0 Å². The molecular formula is C10H11N3O2. The van der Waals surface area contributed by atoms with Gasteiger partial charge >= 0.3 is 0 Å². The summed E-state index contributed by atoms with van der Waals surface area (Å²) in [6.45, 7) is 1.17. The Labute approximate surface area is 86.1 Å². The molecule has 1 aliphatic heterocycles. The van der Waals surface area contributed by atoms with Gasteiger partial charge in [-0.1, -0.05) is 0 Å². The van der Waals surface area contributed by atoms with Crippen molar-refractivity contribution in [2.45, 2.75) is 6.42 Å². The van der Waals surface area contributed by atoms with Gasteiger partial charge in [0.05, 0.1) is 16.8 Å². The van der Waals surface area contributed by atoms with Crippen LogP contribution >= 0.6 is 0 Å². The van der Waals surface area contributed by atoms with Crippen LogP contribution < -0.4 is 16.3 Å². The molecule has 1 aromatic carbocycles.